The highest BCUT2D eigenvalue weighted by Gasteiger charge is 2.23. The highest BCUT2D eigenvalue weighted by molar-refractivity contribution is 6.01. The lowest BCUT2D eigenvalue weighted by Crippen LogP contribution is -2.49. The van der Waals surface area contributed by atoms with Gasteiger partial charge in [-0.05, 0) is 59.7 Å². The van der Waals surface area contributed by atoms with Crippen molar-refractivity contribution in [3.8, 4) is 0 Å². The van der Waals surface area contributed by atoms with E-state index in [1.54, 1.807) is 0 Å². The summed E-state index contributed by atoms with van der Waals surface area (Å²) in [4.78, 5) is 17.3. The number of aromatic nitrogens is 2. The van der Waals surface area contributed by atoms with Crippen molar-refractivity contribution >= 4 is 22.5 Å². The van der Waals surface area contributed by atoms with E-state index in [-0.39, 0.29) is 11.4 Å². The first-order chi connectivity index (χ1) is 12.7. The molecule has 1 fully saturated rings. The van der Waals surface area contributed by atoms with Crippen molar-refractivity contribution in [2.24, 2.45) is 0 Å². The van der Waals surface area contributed by atoms with Gasteiger partial charge < -0.3 is 10.2 Å². The summed E-state index contributed by atoms with van der Waals surface area (Å²) >= 11 is 0. The number of anilines is 1. The third-order valence-corrected chi connectivity index (χ3v) is 5.04. The number of benzene rings is 1. The molecule has 1 aliphatic heterocycles. The molecule has 6 nitrogen and oxygen atoms in total. The molecule has 0 unspecified atom stereocenters. The average molecular weight is 370 g/mol. The van der Waals surface area contributed by atoms with Gasteiger partial charge in [0.2, 0.25) is 0 Å². The second-order valence-corrected chi connectivity index (χ2v) is 8.69. The molecule has 0 radical (unpaired) electrons. The Labute approximate surface area is 161 Å². The molecule has 2 heterocycles. The smallest absolute Gasteiger partial charge is 0.251 e. The maximum atomic E-state index is 12.5. The van der Waals surface area contributed by atoms with Gasteiger partial charge in [-0.2, -0.15) is 5.10 Å². The number of nitrogens with one attached hydrogen (secondary N) is 1. The lowest BCUT2D eigenvalue weighted by Gasteiger charge is -2.37. The Morgan fingerprint density at radius 1 is 1.07 bits per heavy atom. The predicted octanol–water partition coefficient (Wildman–Crippen LogP) is 3.00. The molecule has 1 saturated heterocycles. The van der Waals surface area contributed by atoms with Crippen LogP contribution in [0.15, 0.2) is 18.2 Å². The fourth-order valence-corrected chi connectivity index (χ4v) is 3.51. The van der Waals surface area contributed by atoms with Crippen molar-refractivity contribution in [1.29, 1.82) is 0 Å². The SMILES string of the molecule is Cc1nnc(N2CCN(C(C)C)CC2)c2ccc(C(=O)NC(C)(C)C)cc12. The second-order valence-electron chi connectivity index (χ2n) is 8.69. The monoisotopic (exact) mass is 369 g/mol. The van der Waals surface area contributed by atoms with Crippen molar-refractivity contribution in [1.82, 2.24) is 20.4 Å². The van der Waals surface area contributed by atoms with Crippen LogP contribution in [0.5, 0.6) is 0 Å². The zero-order valence-electron chi connectivity index (χ0n) is 17.3. The van der Waals surface area contributed by atoms with E-state index in [9.17, 15) is 4.79 Å². The van der Waals surface area contributed by atoms with Gasteiger partial charge in [0.1, 0.15) is 0 Å². The number of rotatable bonds is 3. The molecule has 1 amide bonds. The standard InChI is InChI=1S/C21H31N5O/c1-14(2)25-9-11-26(12-10-25)19-17-8-7-16(20(27)22-21(4,5)6)13-18(17)15(3)23-24-19/h7-8,13-14H,9-12H2,1-6H3,(H,22,27). The van der Waals surface area contributed by atoms with E-state index in [1.807, 2.05) is 45.9 Å². The van der Waals surface area contributed by atoms with Crippen molar-refractivity contribution in [3.05, 3.63) is 29.5 Å². The molecule has 27 heavy (non-hydrogen) atoms. The summed E-state index contributed by atoms with van der Waals surface area (Å²) in [6.07, 6.45) is 0. The molecule has 1 N–H and O–H groups in total. The second kappa shape index (κ2) is 7.43. The molecule has 0 spiro atoms. The topological polar surface area (TPSA) is 61.4 Å². The minimum atomic E-state index is -0.265. The Balaban J connectivity index is 1.91. The molecule has 6 heteroatoms. The van der Waals surface area contributed by atoms with Crippen molar-refractivity contribution in [2.75, 3.05) is 31.1 Å². The number of piperazine rings is 1. The van der Waals surface area contributed by atoms with Crippen LogP contribution in [0.4, 0.5) is 5.82 Å². The summed E-state index contributed by atoms with van der Waals surface area (Å²) in [7, 11) is 0. The number of amides is 1. The molecule has 0 atom stereocenters. The third kappa shape index (κ3) is 4.38. The van der Waals surface area contributed by atoms with Gasteiger partial charge in [0.25, 0.3) is 5.91 Å². The summed E-state index contributed by atoms with van der Waals surface area (Å²) in [5.74, 6) is 0.856. The summed E-state index contributed by atoms with van der Waals surface area (Å²) in [5.41, 5.74) is 1.24. The van der Waals surface area contributed by atoms with Crippen LogP contribution in [0.25, 0.3) is 10.8 Å². The van der Waals surface area contributed by atoms with Crippen LogP contribution < -0.4 is 10.2 Å². The van der Waals surface area contributed by atoms with Crippen molar-refractivity contribution in [3.63, 3.8) is 0 Å². The van der Waals surface area contributed by atoms with E-state index in [4.69, 9.17) is 0 Å². The van der Waals surface area contributed by atoms with E-state index in [0.717, 1.165) is 48.5 Å². The highest BCUT2D eigenvalue weighted by Crippen LogP contribution is 2.28. The van der Waals surface area contributed by atoms with Crippen molar-refractivity contribution in [2.45, 2.75) is 53.1 Å². The van der Waals surface area contributed by atoms with Crippen molar-refractivity contribution < 1.29 is 4.79 Å². The molecule has 1 aromatic carbocycles. The van der Waals surface area contributed by atoms with E-state index in [2.05, 4.69) is 39.2 Å². The molecule has 0 aliphatic carbocycles. The fourth-order valence-electron chi connectivity index (χ4n) is 3.51. The van der Waals surface area contributed by atoms with Crippen LogP contribution >= 0.6 is 0 Å². The largest absolute Gasteiger partial charge is 0.352 e. The van der Waals surface area contributed by atoms with Crippen LogP contribution in [0.3, 0.4) is 0 Å². The Bertz CT molecular complexity index is 832. The fraction of sp³-hybridized carbons (Fsp3) is 0.571. The van der Waals surface area contributed by atoms with Gasteiger partial charge in [0.05, 0.1) is 5.69 Å². The van der Waals surface area contributed by atoms with Gasteiger partial charge in [-0.1, -0.05) is 0 Å². The lowest BCUT2D eigenvalue weighted by atomic mass is 10.0. The Hall–Kier alpha value is -2.21. The molecule has 146 valence electrons. The Morgan fingerprint density at radius 3 is 2.33 bits per heavy atom. The first kappa shape index (κ1) is 19.5. The number of nitrogens with zero attached hydrogens (tertiary/aromatic N) is 4. The number of aryl methyl sites for hydroxylation is 1. The van der Waals surface area contributed by atoms with Gasteiger partial charge in [-0.25, -0.2) is 0 Å². The highest BCUT2D eigenvalue weighted by atomic mass is 16.1. The molecular weight excluding hydrogens is 338 g/mol. The number of fused-ring (bicyclic) bond motifs is 1. The molecule has 3 rings (SSSR count). The van der Waals surface area contributed by atoms with Gasteiger partial charge >= 0.3 is 0 Å². The van der Waals surface area contributed by atoms with E-state index < -0.39 is 0 Å². The lowest BCUT2D eigenvalue weighted by molar-refractivity contribution is 0.0919. The van der Waals surface area contributed by atoms with E-state index in [0.29, 0.717) is 11.6 Å². The van der Waals surface area contributed by atoms with Gasteiger partial charge in [-0.15, -0.1) is 5.10 Å². The molecule has 0 saturated carbocycles. The summed E-state index contributed by atoms with van der Waals surface area (Å²) in [5, 5.41) is 13.9. The maximum Gasteiger partial charge on any atom is 0.251 e. The summed E-state index contributed by atoms with van der Waals surface area (Å²) in [6, 6.07) is 6.41. The first-order valence-corrected chi connectivity index (χ1v) is 9.74. The third-order valence-electron chi connectivity index (χ3n) is 5.04. The molecule has 1 aliphatic rings. The van der Waals surface area contributed by atoms with Gasteiger partial charge in [0.15, 0.2) is 5.82 Å². The predicted molar refractivity (Wildman–Crippen MR) is 110 cm³/mol. The van der Waals surface area contributed by atoms with Crippen LogP contribution in [-0.2, 0) is 0 Å². The van der Waals surface area contributed by atoms with Crippen LogP contribution in [0.1, 0.15) is 50.7 Å². The number of carbonyl (C=O) groups is 1. The van der Waals surface area contributed by atoms with Gasteiger partial charge in [0, 0.05) is 54.1 Å². The van der Waals surface area contributed by atoms with Crippen LogP contribution in [0.2, 0.25) is 0 Å². The van der Waals surface area contributed by atoms with Crippen LogP contribution in [-0.4, -0.2) is 58.8 Å². The Morgan fingerprint density at radius 2 is 1.74 bits per heavy atom. The molecule has 2 aromatic rings. The van der Waals surface area contributed by atoms with Crippen LogP contribution in [0, 0.1) is 6.92 Å². The minimum Gasteiger partial charge on any atom is -0.352 e. The number of carbonyl (C=O) groups excluding carboxylic acids is 1. The molecular formula is C21H31N5O. The normalized spacial score (nSPS) is 16.2. The number of hydrogen-bond acceptors (Lipinski definition) is 5. The summed E-state index contributed by atoms with van der Waals surface area (Å²) in [6.45, 7) is 16.3. The minimum absolute atomic E-state index is 0.0623. The molecule has 0 bridgehead atoms. The average Bonchev–Trinajstić information content (AvgIpc) is 2.60. The number of hydrogen-bond donors (Lipinski definition) is 1. The van der Waals surface area contributed by atoms with E-state index in [1.165, 1.54) is 0 Å². The maximum absolute atomic E-state index is 12.5. The Kier molecular flexibility index (Phi) is 5.38. The quantitative estimate of drug-likeness (QED) is 0.901. The first-order valence-electron chi connectivity index (χ1n) is 9.74. The van der Waals surface area contributed by atoms with Gasteiger partial charge in [-0.3, -0.25) is 9.69 Å². The van der Waals surface area contributed by atoms with E-state index >= 15 is 0 Å². The summed E-state index contributed by atoms with van der Waals surface area (Å²) < 4.78 is 0. The zero-order valence-corrected chi connectivity index (χ0v) is 17.3. The zero-order chi connectivity index (χ0) is 19.8. The molecule has 1 aromatic heterocycles.